The summed E-state index contributed by atoms with van der Waals surface area (Å²) < 4.78 is 2.15. The molecule has 0 unspecified atom stereocenters. The van der Waals surface area contributed by atoms with Crippen molar-refractivity contribution in [3.05, 3.63) is 29.9 Å². The smallest absolute Gasteiger partial charge is 0.173 e. The summed E-state index contributed by atoms with van der Waals surface area (Å²) in [4.78, 5) is 9.01. The highest BCUT2D eigenvalue weighted by Gasteiger charge is 2.18. The Balaban J connectivity index is 2.21. The lowest BCUT2D eigenvalue weighted by Crippen LogP contribution is -2.12. The number of aromatic nitrogens is 5. The van der Waals surface area contributed by atoms with E-state index in [-0.39, 0.29) is 6.04 Å². The van der Waals surface area contributed by atoms with Crippen molar-refractivity contribution in [3.8, 4) is 0 Å². The predicted octanol–water partition coefficient (Wildman–Crippen LogP) is 2.93. The zero-order chi connectivity index (χ0) is 14.0. The molecule has 2 aromatic heterocycles. The molecule has 0 aromatic carbocycles. The summed E-state index contributed by atoms with van der Waals surface area (Å²) >= 11 is 0. The Labute approximate surface area is 114 Å². The van der Waals surface area contributed by atoms with E-state index in [1.807, 2.05) is 12.4 Å². The maximum Gasteiger partial charge on any atom is 0.173 e. The van der Waals surface area contributed by atoms with E-state index in [1.54, 1.807) is 0 Å². The van der Waals surface area contributed by atoms with Crippen LogP contribution in [0.2, 0.25) is 0 Å². The number of nitrogens with zero attached hydrogens (tertiary/aromatic N) is 4. The monoisotopic (exact) mass is 261 g/mol. The summed E-state index contributed by atoms with van der Waals surface area (Å²) in [6, 6.07) is 0.108. The molecule has 0 spiro atoms. The van der Waals surface area contributed by atoms with Crippen molar-refractivity contribution >= 4 is 0 Å². The van der Waals surface area contributed by atoms with E-state index in [0.29, 0.717) is 11.8 Å². The number of hydrogen-bond donors (Lipinski definition) is 1. The second-order valence-corrected chi connectivity index (χ2v) is 5.76. The molecule has 0 saturated carbocycles. The summed E-state index contributed by atoms with van der Waals surface area (Å²) in [5.41, 5.74) is 0. The van der Waals surface area contributed by atoms with Gasteiger partial charge in [-0.25, -0.2) is 9.97 Å². The van der Waals surface area contributed by atoms with Gasteiger partial charge >= 0.3 is 0 Å². The molecule has 5 heteroatoms. The van der Waals surface area contributed by atoms with Gasteiger partial charge in [0, 0.05) is 24.7 Å². The van der Waals surface area contributed by atoms with Crippen LogP contribution in [0.5, 0.6) is 0 Å². The minimum absolute atomic E-state index is 0.108. The molecule has 2 aromatic rings. The quantitative estimate of drug-likeness (QED) is 0.900. The van der Waals surface area contributed by atoms with Gasteiger partial charge in [0.15, 0.2) is 5.82 Å². The third-order valence-corrected chi connectivity index (χ3v) is 3.16. The molecular formula is C14H23N5. The van der Waals surface area contributed by atoms with E-state index in [4.69, 9.17) is 0 Å². The summed E-state index contributed by atoms with van der Waals surface area (Å²) in [7, 11) is 0. The van der Waals surface area contributed by atoms with Gasteiger partial charge in [-0.1, -0.05) is 27.7 Å². The number of aromatic amines is 1. The third kappa shape index (κ3) is 3.03. The molecule has 2 rings (SSSR count). The van der Waals surface area contributed by atoms with Crippen molar-refractivity contribution in [1.29, 1.82) is 0 Å². The maximum atomic E-state index is 4.59. The summed E-state index contributed by atoms with van der Waals surface area (Å²) in [6.07, 6.45) is 4.77. The Hall–Kier alpha value is -1.65. The topological polar surface area (TPSA) is 59.4 Å². The molecule has 0 aliphatic carbocycles. The van der Waals surface area contributed by atoms with Crippen LogP contribution in [-0.4, -0.2) is 24.7 Å². The molecule has 1 atom stereocenters. The maximum absolute atomic E-state index is 4.59. The Bertz CT molecular complexity index is 523. The Morgan fingerprint density at radius 3 is 2.58 bits per heavy atom. The first-order valence-electron chi connectivity index (χ1n) is 6.93. The van der Waals surface area contributed by atoms with Gasteiger partial charge in [0.1, 0.15) is 11.6 Å². The van der Waals surface area contributed by atoms with E-state index in [0.717, 1.165) is 23.9 Å². The second-order valence-electron chi connectivity index (χ2n) is 5.76. The molecule has 5 nitrogen and oxygen atoms in total. The van der Waals surface area contributed by atoms with Gasteiger partial charge in [-0.3, -0.25) is 5.10 Å². The van der Waals surface area contributed by atoms with Gasteiger partial charge in [0.25, 0.3) is 0 Å². The number of imidazole rings is 1. The normalized spacial score (nSPS) is 13.4. The highest BCUT2D eigenvalue weighted by Crippen LogP contribution is 2.20. The van der Waals surface area contributed by atoms with Gasteiger partial charge in [0.05, 0.1) is 6.04 Å². The van der Waals surface area contributed by atoms with Crippen LogP contribution < -0.4 is 0 Å². The van der Waals surface area contributed by atoms with E-state index >= 15 is 0 Å². The minimum Gasteiger partial charge on any atom is -0.324 e. The lowest BCUT2D eigenvalue weighted by atomic mass is 10.1. The highest BCUT2D eigenvalue weighted by atomic mass is 15.2. The van der Waals surface area contributed by atoms with Gasteiger partial charge < -0.3 is 4.57 Å². The lowest BCUT2D eigenvalue weighted by Gasteiger charge is -2.15. The molecule has 104 valence electrons. The molecule has 2 heterocycles. The first-order valence-corrected chi connectivity index (χ1v) is 6.93. The lowest BCUT2D eigenvalue weighted by molar-refractivity contribution is 0.553. The van der Waals surface area contributed by atoms with Crippen molar-refractivity contribution in [2.75, 3.05) is 0 Å². The minimum atomic E-state index is 0.108. The van der Waals surface area contributed by atoms with Crippen molar-refractivity contribution < 1.29 is 0 Å². The van der Waals surface area contributed by atoms with Crippen molar-refractivity contribution in [2.24, 2.45) is 5.92 Å². The summed E-state index contributed by atoms with van der Waals surface area (Å²) in [5.74, 6) is 3.84. The van der Waals surface area contributed by atoms with Crippen molar-refractivity contribution in [3.63, 3.8) is 0 Å². The van der Waals surface area contributed by atoms with E-state index in [9.17, 15) is 0 Å². The fraction of sp³-hybridized carbons (Fsp3) is 0.643. The van der Waals surface area contributed by atoms with Crippen molar-refractivity contribution in [2.45, 2.75) is 53.0 Å². The SMILES string of the molecule is CC(C)Cc1nc([C@@H](C)n2ccnc2C(C)C)n[nH]1. The van der Waals surface area contributed by atoms with Gasteiger partial charge in [-0.15, -0.1) is 0 Å². The predicted molar refractivity (Wildman–Crippen MR) is 75.1 cm³/mol. The molecule has 0 aliphatic rings. The van der Waals surface area contributed by atoms with E-state index < -0.39 is 0 Å². The Kier molecular flexibility index (Phi) is 4.02. The van der Waals surface area contributed by atoms with Gasteiger partial charge in [-0.2, -0.15) is 5.10 Å². The number of hydrogen-bond acceptors (Lipinski definition) is 3. The fourth-order valence-electron chi connectivity index (χ4n) is 2.20. The van der Waals surface area contributed by atoms with E-state index in [2.05, 4.69) is 59.4 Å². The molecule has 0 saturated heterocycles. The van der Waals surface area contributed by atoms with Crippen LogP contribution in [-0.2, 0) is 6.42 Å². The van der Waals surface area contributed by atoms with E-state index in [1.165, 1.54) is 0 Å². The summed E-state index contributed by atoms with van der Waals surface area (Å²) in [5, 5.41) is 7.37. The number of nitrogens with one attached hydrogen (secondary N) is 1. The van der Waals surface area contributed by atoms with Gasteiger partial charge in [-0.05, 0) is 12.8 Å². The van der Waals surface area contributed by atoms with Crippen LogP contribution in [0.25, 0.3) is 0 Å². The standard InChI is InChI=1S/C14H23N5/c1-9(2)8-12-16-13(18-17-12)11(5)19-7-6-15-14(19)10(3)4/h6-7,9-11H,8H2,1-5H3,(H,16,17,18)/t11-/m1/s1. The summed E-state index contributed by atoms with van der Waals surface area (Å²) in [6.45, 7) is 10.8. The van der Waals surface area contributed by atoms with Crippen LogP contribution in [0.4, 0.5) is 0 Å². The Morgan fingerprint density at radius 2 is 1.95 bits per heavy atom. The largest absolute Gasteiger partial charge is 0.324 e. The van der Waals surface area contributed by atoms with Crippen molar-refractivity contribution in [1.82, 2.24) is 24.7 Å². The molecule has 0 fully saturated rings. The average molecular weight is 261 g/mol. The zero-order valence-electron chi connectivity index (χ0n) is 12.4. The zero-order valence-corrected chi connectivity index (χ0v) is 12.4. The Morgan fingerprint density at radius 1 is 1.21 bits per heavy atom. The molecule has 1 N–H and O–H groups in total. The molecule has 0 radical (unpaired) electrons. The molecular weight excluding hydrogens is 238 g/mol. The second kappa shape index (κ2) is 5.55. The van der Waals surface area contributed by atoms with Gasteiger partial charge in [0.2, 0.25) is 0 Å². The van der Waals surface area contributed by atoms with Crippen LogP contribution in [0.3, 0.4) is 0 Å². The first-order chi connectivity index (χ1) is 8.99. The highest BCUT2D eigenvalue weighted by molar-refractivity contribution is 5.06. The number of rotatable bonds is 5. The third-order valence-electron chi connectivity index (χ3n) is 3.16. The van der Waals surface area contributed by atoms with Crippen LogP contribution in [0.15, 0.2) is 12.4 Å². The molecule has 0 amide bonds. The molecule has 0 aliphatic heterocycles. The van der Waals surface area contributed by atoms with Crippen LogP contribution in [0, 0.1) is 5.92 Å². The fourth-order valence-corrected chi connectivity index (χ4v) is 2.20. The van der Waals surface area contributed by atoms with Crippen LogP contribution in [0.1, 0.15) is 64.1 Å². The molecule has 19 heavy (non-hydrogen) atoms. The molecule has 0 bridgehead atoms. The average Bonchev–Trinajstić information content (AvgIpc) is 2.94. The van der Waals surface area contributed by atoms with Crippen LogP contribution >= 0.6 is 0 Å². The number of H-pyrrole nitrogens is 1. The first kappa shape index (κ1) is 13.8.